The molecule has 132 valence electrons. The van der Waals surface area contributed by atoms with Crippen LogP contribution in [0, 0.1) is 11.3 Å². The summed E-state index contributed by atoms with van der Waals surface area (Å²) in [5.41, 5.74) is 0.180. The van der Waals surface area contributed by atoms with Gasteiger partial charge in [-0.05, 0) is 18.8 Å². The summed E-state index contributed by atoms with van der Waals surface area (Å²) in [5, 5.41) is 3.16. The number of hydrogen-bond donors (Lipinski definition) is 1. The molecule has 1 aliphatic carbocycles. The minimum atomic E-state index is 0.0926. The largest absolute Gasteiger partial charge is 0.384 e. The van der Waals surface area contributed by atoms with Gasteiger partial charge in [-0.1, -0.05) is 13.3 Å². The fourth-order valence-corrected chi connectivity index (χ4v) is 4.23. The number of hydrogen-bond acceptors (Lipinski definition) is 4. The van der Waals surface area contributed by atoms with E-state index in [1.165, 1.54) is 6.42 Å². The van der Waals surface area contributed by atoms with Crippen LogP contribution >= 0.6 is 0 Å². The molecule has 6 nitrogen and oxygen atoms in total. The van der Waals surface area contributed by atoms with Gasteiger partial charge in [0.2, 0.25) is 0 Å². The van der Waals surface area contributed by atoms with E-state index in [0.717, 1.165) is 65.4 Å². The molecule has 0 aromatic rings. The second-order valence-corrected chi connectivity index (χ2v) is 7.54. The molecule has 2 heterocycles. The Hall–Kier alpha value is -0.850. The van der Waals surface area contributed by atoms with Crippen molar-refractivity contribution in [3.05, 3.63) is 0 Å². The van der Waals surface area contributed by atoms with Crippen molar-refractivity contribution in [2.45, 2.75) is 32.2 Å². The zero-order valence-corrected chi connectivity index (χ0v) is 14.6. The first kappa shape index (κ1) is 17.0. The number of amides is 2. The van der Waals surface area contributed by atoms with Crippen LogP contribution in [0.3, 0.4) is 0 Å². The highest BCUT2D eigenvalue weighted by Gasteiger charge is 2.39. The first-order valence-electron chi connectivity index (χ1n) is 8.97. The summed E-state index contributed by atoms with van der Waals surface area (Å²) in [6.07, 6.45) is 3.57. The van der Waals surface area contributed by atoms with Crippen molar-refractivity contribution >= 4 is 6.03 Å². The van der Waals surface area contributed by atoms with Gasteiger partial charge < -0.3 is 19.7 Å². The number of methoxy groups -OCH3 is 1. The molecule has 6 heteroatoms. The molecule has 3 rings (SSSR count). The maximum atomic E-state index is 12.5. The molecule has 0 spiro atoms. The van der Waals surface area contributed by atoms with E-state index in [-0.39, 0.29) is 11.4 Å². The van der Waals surface area contributed by atoms with Gasteiger partial charge >= 0.3 is 6.03 Å². The lowest BCUT2D eigenvalue weighted by atomic mass is 9.69. The molecular formula is C17H31N3O3. The van der Waals surface area contributed by atoms with Crippen molar-refractivity contribution in [2.24, 2.45) is 11.3 Å². The van der Waals surface area contributed by atoms with E-state index in [2.05, 4.69) is 17.1 Å². The standard InChI is InChI=1S/C17H31N3O3/c1-14-10-20(11-15(14)19-6-8-23-9-7-19)16(21)18-12-17(13-22-2)4-3-5-17/h14-15H,3-13H2,1-2H3,(H,18,21). The van der Waals surface area contributed by atoms with E-state index >= 15 is 0 Å². The molecule has 0 aromatic carbocycles. The number of rotatable bonds is 5. The smallest absolute Gasteiger partial charge is 0.317 e. The van der Waals surface area contributed by atoms with Crippen LogP contribution < -0.4 is 5.32 Å². The molecule has 3 fully saturated rings. The van der Waals surface area contributed by atoms with Crippen LogP contribution in [-0.4, -0.2) is 81.5 Å². The Morgan fingerprint density at radius 2 is 2.04 bits per heavy atom. The average Bonchev–Trinajstić information content (AvgIpc) is 2.92. The van der Waals surface area contributed by atoms with E-state index in [9.17, 15) is 4.79 Å². The Bertz CT molecular complexity index is 408. The number of urea groups is 1. The van der Waals surface area contributed by atoms with E-state index in [0.29, 0.717) is 12.0 Å². The van der Waals surface area contributed by atoms with Crippen molar-refractivity contribution in [2.75, 3.05) is 59.7 Å². The van der Waals surface area contributed by atoms with Gasteiger partial charge in [0.05, 0.1) is 19.8 Å². The van der Waals surface area contributed by atoms with Crippen molar-refractivity contribution in [3.63, 3.8) is 0 Å². The number of morpholine rings is 1. The maximum Gasteiger partial charge on any atom is 0.317 e. The number of nitrogens with zero attached hydrogens (tertiary/aromatic N) is 2. The van der Waals surface area contributed by atoms with Crippen molar-refractivity contribution < 1.29 is 14.3 Å². The molecule has 1 N–H and O–H groups in total. The van der Waals surface area contributed by atoms with Crippen LogP contribution in [0.2, 0.25) is 0 Å². The normalized spacial score (nSPS) is 31.0. The number of likely N-dealkylation sites (tertiary alicyclic amines) is 1. The molecule has 2 saturated heterocycles. The monoisotopic (exact) mass is 325 g/mol. The summed E-state index contributed by atoms with van der Waals surface area (Å²) in [4.78, 5) is 17.0. The molecule has 2 unspecified atom stereocenters. The number of nitrogens with one attached hydrogen (secondary N) is 1. The molecule has 0 radical (unpaired) electrons. The molecule has 1 saturated carbocycles. The Labute approximate surface area is 139 Å². The zero-order chi connectivity index (χ0) is 16.3. The third kappa shape index (κ3) is 3.80. The maximum absolute atomic E-state index is 12.5. The molecule has 2 amide bonds. The summed E-state index contributed by atoms with van der Waals surface area (Å²) in [7, 11) is 1.75. The van der Waals surface area contributed by atoms with Gasteiger partial charge in [0, 0.05) is 51.3 Å². The predicted octanol–water partition coefficient (Wildman–Crippen LogP) is 1.17. The Balaban J connectivity index is 1.48. The van der Waals surface area contributed by atoms with Gasteiger partial charge in [-0.3, -0.25) is 4.90 Å². The lowest BCUT2D eigenvalue weighted by Crippen LogP contribution is -2.50. The third-order valence-electron chi connectivity index (χ3n) is 5.85. The summed E-state index contributed by atoms with van der Waals surface area (Å²) < 4.78 is 10.8. The summed E-state index contributed by atoms with van der Waals surface area (Å²) >= 11 is 0. The van der Waals surface area contributed by atoms with E-state index < -0.39 is 0 Å². The van der Waals surface area contributed by atoms with Gasteiger partial charge in [-0.25, -0.2) is 4.79 Å². The van der Waals surface area contributed by atoms with Crippen LogP contribution in [0.25, 0.3) is 0 Å². The second kappa shape index (κ2) is 7.36. The summed E-state index contributed by atoms with van der Waals surface area (Å²) in [6, 6.07) is 0.566. The molecule has 23 heavy (non-hydrogen) atoms. The minimum absolute atomic E-state index is 0.0926. The van der Waals surface area contributed by atoms with Crippen LogP contribution in [0.1, 0.15) is 26.2 Å². The third-order valence-corrected chi connectivity index (χ3v) is 5.85. The lowest BCUT2D eigenvalue weighted by Gasteiger charge is -2.41. The van der Waals surface area contributed by atoms with Gasteiger partial charge in [0.15, 0.2) is 0 Å². The van der Waals surface area contributed by atoms with Gasteiger partial charge in [0.25, 0.3) is 0 Å². The van der Waals surface area contributed by atoms with Gasteiger partial charge in [0.1, 0.15) is 0 Å². The first-order chi connectivity index (χ1) is 11.1. The van der Waals surface area contributed by atoms with Crippen molar-refractivity contribution in [1.29, 1.82) is 0 Å². The topological polar surface area (TPSA) is 54.0 Å². The van der Waals surface area contributed by atoms with E-state index in [1.54, 1.807) is 7.11 Å². The van der Waals surface area contributed by atoms with Crippen molar-refractivity contribution in [3.8, 4) is 0 Å². The van der Waals surface area contributed by atoms with Crippen LogP contribution in [0.4, 0.5) is 4.79 Å². The average molecular weight is 325 g/mol. The Kier molecular flexibility index (Phi) is 5.44. The van der Waals surface area contributed by atoms with Crippen molar-refractivity contribution in [1.82, 2.24) is 15.1 Å². The number of ether oxygens (including phenoxy) is 2. The zero-order valence-electron chi connectivity index (χ0n) is 14.6. The quantitative estimate of drug-likeness (QED) is 0.824. The van der Waals surface area contributed by atoms with Gasteiger partial charge in [-0.2, -0.15) is 0 Å². The Morgan fingerprint density at radius 1 is 1.30 bits per heavy atom. The Morgan fingerprint density at radius 3 is 2.65 bits per heavy atom. The first-order valence-corrected chi connectivity index (χ1v) is 8.97. The number of carbonyl (C=O) groups is 1. The van der Waals surface area contributed by atoms with Crippen LogP contribution in [-0.2, 0) is 9.47 Å². The second-order valence-electron chi connectivity index (χ2n) is 7.54. The fourth-order valence-electron chi connectivity index (χ4n) is 4.23. The lowest BCUT2D eigenvalue weighted by molar-refractivity contribution is 0.0119. The molecule has 2 atom stereocenters. The summed E-state index contributed by atoms with van der Waals surface area (Å²) in [6.45, 7) is 9.04. The van der Waals surface area contributed by atoms with E-state index in [1.807, 2.05) is 4.90 Å². The molecule has 0 aromatic heterocycles. The summed E-state index contributed by atoms with van der Waals surface area (Å²) in [5.74, 6) is 0.524. The predicted molar refractivity (Wildman–Crippen MR) is 88.5 cm³/mol. The SMILES string of the molecule is COCC1(CNC(=O)N2CC(C)C(N3CCOCC3)C2)CCC1. The minimum Gasteiger partial charge on any atom is -0.384 e. The molecule has 3 aliphatic rings. The highest BCUT2D eigenvalue weighted by atomic mass is 16.5. The molecular weight excluding hydrogens is 294 g/mol. The highest BCUT2D eigenvalue weighted by Crippen LogP contribution is 2.40. The van der Waals surface area contributed by atoms with Crippen LogP contribution in [0.5, 0.6) is 0 Å². The van der Waals surface area contributed by atoms with E-state index in [4.69, 9.17) is 9.47 Å². The highest BCUT2D eigenvalue weighted by molar-refractivity contribution is 5.74. The molecule has 0 bridgehead atoms. The molecule has 2 aliphatic heterocycles. The fraction of sp³-hybridized carbons (Fsp3) is 0.941. The van der Waals surface area contributed by atoms with Crippen LogP contribution in [0.15, 0.2) is 0 Å². The van der Waals surface area contributed by atoms with Gasteiger partial charge in [-0.15, -0.1) is 0 Å². The number of carbonyl (C=O) groups excluding carboxylic acids is 1.